The zero-order valence-electron chi connectivity index (χ0n) is 11.7. The molecule has 0 radical (unpaired) electrons. The summed E-state index contributed by atoms with van der Waals surface area (Å²) < 4.78 is 0. The van der Waals surface area contributed by atoms with Gasteiger partial charge in [0.05, 0.1) is 22.2 Å². The summed E-state index contributed by atoms with van der Waals surface area (Å²) >= 11 is 11.8. The van der Waals surface area contributed by atoms with Crippen molar-refractivity contribution in [2.75, 3.05) is 0 Å². The first-order valence-electron chi connectivity index (χ1n) is 7.18. The molecule has 1 aliphatic rings. The second kappa shape index (κ2) is 7.83. The van der Waals surface area contributed by atoms with E-state index in [4.69, 9.17) is 23.2 Å². The maximum absolute atomic E-state index is 11.9. The molecule has 2 rings (SSSR count). The topological polar surface area (TPSA) is 49.3 Å². The molecule has 0 spiro atoms. The number of carbonyl (C=O) groups excluding carboxylic acids is 1. The van der Waals surface area contributed by atoms with Crippen molar-refractivity contribution < 1.29 is 9.90 Å². The minimum absolute atomic E-state index is 0.154. The lowest BCUT2D eigenvalue weighted by molar-refractivity contribution is -0.118. The SMILES string of the molecule is O=C(/C=C/c1ccc(Cl)c(Cl)c1)NC1CCCCCC1O. The summed E-state index contributed by atoms with van der Waals surface area (Å²) in [5, 5.41) is 13.8. The van der Waals surface area contributed by atoms with Gasteiger partial charge in [0, 0.05) is 6.08 Å². The maximum atomic E-state index is 11.9. The zero-order chi connectivity index (χ0) is 15.2. The Morgan fingerprint density at radius 3 is 2.71 bits per heavy atom. The van der Waals surface area contributed by atoms with Gasteiger partial charge in [-0.25, -0.2) is 0 Å². The molecular formula is C16H19Cl2NO2. The van der Waals surface area contributed by atoms with Crippen molar-refractivity contribution >= 4 is 35.2 Å². The summed E-state index contributed by atoms with van der Waals surface area (Å²) in [5.41, 5.74) is 0.806. The lowest BCUT2D eigenvalue weighted by atomic mass is 10.1. The second-order valence-electron chi connectivity index (χ2n) is 5.33. The predicted molar refractivity (Wildman–Crippen MR) is 86.5 cm³/mol. The van der Waals surface area contributed by atoms with Gasteiger partial charge < -0.3 is 10.4 Å². The van der Waals surface area contributed by atoms with Gasteiger partial charge in [-0.1, -0.05) is 48.5 Å². The number of hydrogen-bond acceptors (Lipinski definition) is 2. The maximum Gasteiger partial charge on any atom is 0.244 e. The number of nitrogens with one attached hydrogen (secondary N) is 1. The van der Waals surface area contributed by atoms with Gasteiger partial charge in [-0.3, -0.25) is 4.79 Å². The minimum atomic E-state index is -0.449. The fourth-order valence-electron chi connectivity index (χ4n) is 2.48. The average Bonchev–Trinajstić information content (AvgIpc) is 2.65. The van der Waals surface area contributed by atoms with Crippen LogP contribution in [0.15, 0.2) is 24.3 Å². The number of aliphatic hydroxyl groups is 1. The van der Waals surface area contributed by atoms with E-state index in [9.17, 15) is 9.90 Å². The van der Waals surface area contributed by atoms with Crippen molar-refractivity contribution in [3.63, 3.8) is 0 Å². The van der Waals surface area contributed by atoms with E-state index < -0.39 is 6.10 Å². The van der Waals surface area contributed by atoms with Crippen molar-refractivity contribution in [1.29, 1.82) is 0 Å². The van der Waals surface area contributed by atoms with Gasteiger partial charge in [-0.15, -0.1) is 0 Å². The molecule has 114 valence electrons. The van der Waals surface area contributed by atoms with Crippen molar-refractivity contribution in [3.05, 3.63) is 39.9 Å². The molecule has 1 amide bonds. The van der Waals surface area contributed by atoms with Crippen LogP contribution < -0.4 is 5.32 Å². The van der Waals surface area contributed by atoms with E-state index in [2.05, 4.69) is 5.32 Å². The number of halogens is 2. The molecule has 2 unspecified atom stereocenters. The molecule has 1 saturated carbocycles. The molecule has 0 heterocycles. The number of amides is 1. The second-order valence-corrected chi connectivity index (χ2v) is 6.14. The fraction of sp³-hybridized carbons (Fsp3) is 0.438. The van der Waals surface area contributed by atoms with E-state index in [1.54, 1.807) is 24.3 Å². The van der Waals surface area contributed by atoms with E-state index in [1.165, 1.54) is 6.08 Å². The average molecular weight is 328 g/mol. The van der Waals surface area contributed by atoms with Crippen LogP contribution in [0.3, 0.4) is 0 Å². The van der Waals surface area contributed by atoms with Crippen molar-refractivity contribution in [3.8, 4) is 0 Å². The van der Waals surface area contributed by atoms with E-state index in [-0.39, 0.29) is 11.9 Å². The van der Waals surface area contributed by atoms with Gasteiger partial charge in [0.1, 0.15) is 0 Å². The van der Waals surface area contributed by atoms with Crippen LogP contribution in [0.5, 0.6) is 0 Å². The van der Waals surface area contributed by atoms with Crippen LogP contribution in [-0.4, -0.2) is 23.2 Å². The van der Waals surface area contributed by atoms with Gasteiger partial charge >= 0.3 is 0 Å². The molecule has 0 aromatic heterocycles. The summed E-state index contributed by atoms with van der Waals surface area (Å²) in [6.45, 7) is 0. The quantitative estimate of drug-likeness (QED) is 0.655. The molecule has 2 atom stereocenters. The number of rotatable bonds is 3. The van der Waals surface area contributed by atoms with E-state index >= 15 is 0 Å². The van der Waals surface area contributed by atoms with Crippen LogP contribution in [-0.2, 0) is 4.79 Å². The van der Waals surface area contributed by atoms with Gasteiger partial charge in [0.2, 0.25) is 5.91 Å². The highest BCUT2D eigenvalue weighted by molar-refractivity contribution is 6.42. The van der Waals surface area contributed by atoms with Crippen molar-refractivity contribution in [2.24, 2.45) is 0 Å². The first kappa shape index (κ1) is 16.3. The summed E-state index contributed by atoms with van der Waals surface area (Å²) in [4.78, 5) is 11.9. The summed E-state index contributed by atoms with van der Waals surface area (Å²) in [6, 6.07) is 5.03. The first-order chi connectivity index (χ1) is 10.1. The highest BCUT2D eigenvalue weighted by Crippen LogP contribution is 2.23. The Bertz CT molecular complexity index is 531. The fourth-order valence-corrected chi connectivity index (χ4v) is 2.78. The molecule has 1 aliphatic carbocycles. The Labute approximate surface area is 134 Å². The number of benzene rings is 1. The van der Waals surface area contributed by atoms with Gasteiger partial charge in [-0.05, 0) is 36.6 Å². The third kappa shape index (κ3) is 5.03. The normalized spacial score (nSPS) is 23.0. The van der Waals surface area contributed by atoms with Crippen molar-refractivity contribution in [2.45, 2.75) is 44.2 Å². The van der Waals surface area contributed by atoms with Crippen LogP contribution in [0.1, 0.15) is 37.7 Å². The smallest absolute Gasteiger partial charge is 0.244 e. The molecule has 1 aromatic carbocycles. The highest BCUT2D eigenvalue weighted by Gasteiger charge is 2.22. The third-order valence-electron chi connectivity index (χ3n) is 3.68. The van der Waals surface area contributed by atoms with Crippen LogP contribution in [0.4, 0.5) is 0 Å². The Morgan fingerprint density at radius 1 is 1.19 bits per heavy atom. The largest absolute Gasteiger partial charge is 0.391 e. The first-order valence-corrected chi connectivity index (χ1v) is 7.93. The number of hydrogen-bond donors (Lipinski definition) is 2. The van der Waals surface area contributed by atoms with Crippen LogP contribution in [0, 0.1) is 0 Å². The Hall–Kier alpha value is -1.03. The number of aliphatic hydroxyl groups excluding tert-OH is 1. The third-order valence-corrected chi connectivity index (χ3v) is 4.42. The molecule has 1 aromatic rings. The Morgan fingerprint density at radius 2 is 1.95 bits per heavy atom. The molecular weight excluding hydrogens is 309 g/mol. The van der Waals surface area contributed by atoms with Crippen LogP contribution in [0.25, 0.3) is 6.08 Å². The molecule has 0 aliphatic heterocycles. The monoisotopic (exact) mass is 327 g/mol. The van der Waals surface area contributed by atoms with E-state index in [0.29, 0.717) is 10.0 Å². The summed E-state index contributed by atoms with van der Waals surface area (Å²) in [5.74, 6) is -0.202. The van der Waals surface area contributed by atoms with Gasteiger partial charge in [0.25, 0.3) is 0 Å². The minimum Gasteiger partial charge on any atom is -0.391 e. The standard InChI is InChI=1S/C16H19Cl2NO2/c17-12-8-6-11(10-13(12)18)7-9-16(21)19-14-4-2-1-3-5-15(14)20/h6-10,14-15,20H,1-5H2,(H,19,21)/b9-7+. The van der Waals surface area contributed by atoms with E-state index in [0.717, 1.165) is 37.7 Å². The van der Waals surface area contributed by atoms with Gasteiger partial charge in [0.15, 0.2) is 0 Å². The molecule has 3 nitrogen and oxygen atoms in total. The predicted octanol–water partition coefficient (Wildman–Crippen LogP) is 3.82. The lowest BCUT2D eigenvalue weighted by Crippen LogP contribution is -2.41. The Balaban J connectivity index is 1.93. The van der Waals surface area contributed by atoms with Gasteiger partial charge in [-0.2, -0.15) is 0 Å². The summed E-state index contributed by atoms with van der Waals surface area (Å²) in [6.07, 6.45) is 7.44. The number of carbonyl (C=O) groups is 1. The Kier molecular flexibility index (Phi) is 6.09. The molecule has 1 fully saturated rings. The van der Waals surface area contributed by atoms with Crippen LogP contribution >= 0.6 is 23.2 Å². The molecule has 5 heteroatoms. The molecule has 2 N–H and O–H groups in total. The highest BCUT2D eigenvalue weighted by atomic mass is 35.5. The molecule has 0 bridgehead atoms. The molecule has 0 saturated heterocycles. The molecule has 21 heavy (non-hydrogen) atoms. The van der Waals surface area contributed by atoms with Crippen LogP contribution in [0.2, 0.25) is 10.0 Å². The van der Waals surface area contributed by atoms with Crippen molar-refractivity contribution in [1.82, 2.24) is 5.32 Å². The lowest BCUT2D eigenvalue weighted by Gasteiger charge is -2.20. The summed E-state index contributed by atoms with van der Waals surface area (Å²) in [7, 11) is 0. The van der Waals surface area contributed by atoms with E-state index in [1.807, 2.05) is 0 Å². The zero-order valence-corrected chi connectivity index (χ0v) is 13.2.